The number of aryl methyl sites for hydroxylation is 1. The number of aromatic nitrogens is 2. The van der Waals surface area contributed by atoms with Crippen LogP contribution in [0.4, 0.5) is 0 Å². The van der Waals surface area contributed by atoms with Crippen molar-refractivity contribution in [3.8, 4) is 0 Å². The normalized spacial score (nSPS) is 12.4. The zero-order valence-corrected chi connectivity index (χ0v) is 10.2. The van der Waals surface area contributed by atoms with Gasteiger partial charge in [0.1, 0.15) is 0 Å². The number of hydrogen-bond acceptors (Lipinski definition) is 3. The molecule has 17 heavy (non-hydrogen) atoms. The lowest BCUT2D eigenvalue weighted by Crippen LogP contribution is -2.19. The van der Waals surface area contributed by atoms with Gasteiger partial charge < -0.3 is 5.32 Å². The topological polar surface area (TPSA) is 37.8 Å². The van der Waals surface area contributed by atoms with Crippen molar-refractivity contribution in [3.05, 3.63) is 59.7 Å². The van der Waals surface area contributed by atoms with E-state index in [1.54, 1.807) is 18.6 Å². The molecule has 88 valence electrons. The van der Waals surface area contributed by atoms with E-state index in [4.69, 9.17) is 0 Å². The molecule has 0 saturated carbocycles. The molecule has 1 aromatic carbocycles. The van der Waals surface area contributed by atoms with Crippen LogP contribution in [-0.4, -0.2) is 9.97 Å². The van der Waals surface area contributed by atoms with Gasteiger partial charge in [-0.3, -0.25) is 9.97 Å². The Morgan fingerprint density at radius 2 is 2.06 bits per heavy atom. The Hall–Kier alpha value is -1.74. The lowest BCUT2D eigenvalue weighted by atomic mass is 10.0. The maximum absolute atomic E-state index is 4.24. The molecule has 1 atom stereocenters. The van der Waals surface area contributed by atoms with E-state index in [0.29, 0.717) is 6.04 Å². The Morgan fingerprint density at radius 1 is 1.24 bits per heavy atom. The first kappa shape index (κ1) is 11.7. The monoisotopic (exact) mass is 227 g/mol. The van der Waals surface area contributed by atoms with Gasteiger partial charge in [-0.2, -0.15) is 0 Å². The van der Waals surface area contributed by atoms with Crippen LogP contribution in [0.25, 0.3) is 0 Å². The van der Waals surface area contributed by atoms with E-state index in [1.807, 2.05) is 0 Å². The number of nitrogens with zero attached hydrogens (tertiary/aromatic N) is 2. The Balaban J connectivity index is 1.99. The molecule has 0 saturated heterocycles. The van der Waals surface area contributed by atoms with Gasteiger partial charge in [0.15, 0.2) is 0 Å². The summed E-state index contributed by atoms with van der Waals surface area (Å²) in [5.74, 6) is 0. The fraction of sp³-hybridized carbons (Fsp3) is 0.286. The Bertz CT molecular complexity index is 468. The van der Waals surface area contributed by atoms with Crippen LogP contribution in [0.3, 0.4) is 0 Å². The van der Waals surface area contributed by atoms with Gasteiger partial charge in [-0.05, 0) is 25.0 Å². The van der Waals surface area contributed by atoms with Crippen molar-refractivity contribution in [3.63, 3.8) is 0 Å². The van der Waals surface area contributed by atoms with Crippen LogP contribution in [0.1, 0.15) is 29.8 Å². The lowest BCUT2D eigenvalue weighted by molar-refractivity contribution is 0.564. The van der Waals surface area contributed by atoms with Gasteiger partial charge in [-0.15, -0.1) is 0 Å². The molecule has 0 spiro atoms. The predicted molar refractivity (Wildman–Crippen MR) is 68.5 cm³/mol. The Morgan fingerprint density at radius 3 is 2.76 bits per heavy atom. The smallest absolute Gasteiger partial charge is 0.0724 e. The van der Waals surface area contributed by atoms with Crippen molar-refractivity contribution in [2.45, 2.75) is 26.4 Å². The van der Waals surface area contributed by atoms with Crippen molar-refractivity contribution in [1.82, 2.24) is 15.3 Å². The first-order chi connectivity index (χ1) is 8.27. The highest BCUT2D eigenvalue weighted by molar-refractivity contribution is 5.28. The quantitative estimate of drug-likeness (QED) is 0.872. The summed E-state index contributed by atoms with van der Waals surface area (Å²) in [6, 6.07) is 8.74. The molecule has 2 rings (SSSR count). The molecule has 0 aliphatic rings. The second-order valence-electron chi connectivity index (χ2n) is 4.16. The van der Waals surface area contributed by atoms with Crippen LogP contribution in [-0.2, 0) is 6.54 Å². The van der Waals surface area contributed by atoms with E-state index in [9.17, 15) is 0 Å². The third-order valence-corrected chi connectivity index (χ3v) is 2.86. The molecule has 0 amide bonds. The number of nitrogens with one attached hydrogen (secondary N) is 1. The highest BCUT2D eigenvalue weighted by Crippen LogP contribution is 2.16. The summed E-state index contributed by atoms with van der Waals surface area (Å²) >= 11 is 0. The lowest BCUT2D eigenvalue weighted by Gasteiger charge is -2.16. The zero-order valence-electron chi connectivity index (χ0n) is 10.2. The van der Waals surface area contributed by atoms with Gasteiger partial charge in [0.25, 0.3) is 0 Å². The van der Waals surface area contributed by atoms with E-state index < -0.39 is 0 Å². The van der Waals surface area contributed by atoms with Crippen molar-refractivity contribution < 1.29 is 0 Å². The third-order valence-electron chi connectivity index (χ3n) is 2.86. The Kier molecular flexibility index (Phi) is 3.83. The molecule has 0 bridgehead atoms. The molecule has 1 N–H and O–H groups in total. The van der Waals surface area contributed by atoms with Crippen LogP contribution in [0.15, 0.2) is 42.9 Å². The van der Waals surface area contributed by atoms with Gasteiger partial charge in [-0.25, -0.2) is 0 Å². The minimum absolute atomic E-state index is 0.318. The zero-order chi connectivity index (χ0) is 12.1. The molecule has 2 aromatic rings. The summed E-state index contributed by atoms with van der Waals surface area (Å²) in [6.45, 7) is 5.04. The van der Waals surface area contributed by atoms with E-state index in [1.165, 1.54) is 11.1 Å². The second kappa shape index (κ2) is 5.55. The third kappa shape index (κ3) is 3.11. The van der Waals surface area contributed by atoms with Gasteiger partial charge >= 0.3 is 0 Å². The molecule has 0 radical (unpaired) electrons. The van der Waals surface area contributed by atoms with Crippen LogP contribution in [0.5, 0.6) is 0 Å². The molecule has 3 heteroatoms. The van der Waals surface area contributed by atoms with Gasteiger partial charge in [-0.1, -0.05) is 24.3 Å². The number of benzene rings is 1. The summed E-state index contributed by atoms with van der Waals surface area (Å²) in [4.78, 5) is 8.29. The van der Waals surface area contributed by atoms with Crippen molar-refractivity contribution >= 4 is 0 Å². The summed E-state index contributed by atoms with van der Waals surface area (Å²) in [6.07, 6.45) is 5.20. The molecular weight excluding hydrogens is 210 g/mol. The van der Waals surface area contributed by atoms with Crippen molar-refractivity contribution in [2.24, 2.45) is 0 Å². The van der Waals surface area contributed by atoms with Crippen molar-refractivity contribution in [1.29, 1.82) is 0 Å². The molecule has 1 aromatic heterocycles. The van der Waals surface area contributed by atoms with E-state index >= 15 is 0 Å². The van der Waals surface area contributed by atoms with E-state index in [-0.39, 0.29) is 0 Å². The fourth-order valence-electron chi connectivity index (χ4n) is 1.86. The Labute approximate surface area is 102 Å². The van der Waals surface area contributed by atoms with E-state index in [2.05, 4.69) is 53.4 Å². The number of hydrogen-bond donors (Lipinski definition) is 1. The summed E-state index contributed by atoms with van der Waals surface area (Å²) in [5, 5.41) is 3.45. The van der Waals surface area contributed by atoms with E-state index in [0.717, 1.165) is 12.2 Å². The average Bonchev–Trinajstić information content (AvgIpc) is 2.38. The minimum atomic E-state index is 0.318. The minimum Gasteiger partial charge on any atom is -0.304 e. The first-order valence-corrected chi connectivity index (χ1v) is 5.81. The fourth-order valence-corrected chi connectivity index (χ4v) is 1.86. The summed E-state index contributed by atoms with van der Waals surface area (Å²) in [7, 11) is 0. The molecule has 3 nitrogen and oxygen atoms in total. The van der Waals surface area contributed by atoms with Gasteiger partial charge in [0, 0.05) is 31.2 Å². The largest absolute Gasteiger partial charge is 0.304 e. The second-order valence-corrected chi connectivity index (χ2v) is 4.16. The highest BCUT2D eigenvalue weighted by Gasteiger charge is 2.07. The predicted octanol–water partition coefficient (Wildman–Crippen LogP) is 2.64. The molecule has 0 aliphatic heterocycles. The van der Waals surface area contributed by atoms with Crippen LogP contribution >= 0.6 is 0 Å². The SMILES string of the molecule is Cc1ccccc1C(C)NCc1cnccn1. The average molecular weight is 227 g/mol. The summed E-state index contributed by atoms with van der Waals surface area (Å²) in [5.41, 5.74) is 3.61. The molecule has 1 unspecified atom stereocenters. The van der Waals surface area contributed by atoms with Crippen LogP contribution in [0.2, 0.25) is 0 Å². The maximum Gasteiger partial charge on any atom is 0.0724 e. The first-order valence-electron chi connectivity index (χ1n) is 5.81. The van der Waals surface area contributed by atoms with Gasteiger partial charge in [0.2, 0.25) is 0 Å². The highest BCUT2D eigenvalue weighted by atomic mass is 14.9. The van der Waals surface area contributed by atoms with Gasteiger partial charge in [0.05, 0.1) is 5.69 Å². The molecule has 0 fully saturated rings. The molecule has 0 aliphatic carbocycles. The van der Waals surface area contributed by atoms with Crippen molar-refractivity contribution in [2.75, 3.05) is 0 Å². The van der Waals surface area contributed by atoms with Crippen LogP contribution in [0, 0.1) is 6.92 Å². The maximum atomic E-state index is 4.24. The molecule has 1 heterocycles. The number of rotatable bonds is 4. The summed E-state index contributed by atoms with van der Waals surface area (Å²) < 4.78 is 0. The standard InChI is InChI=1S/C14H17N3/c1-11-5-3-4-6-14(11)12(2)17-10-13-9-15-7-8-16-13/h3-9,12,17H,10H2,1-2H3. The van der Waals surface area contributed by atoms with Crippen LogP contribution < -0.4 is 5.32 Å². The molecular formula is C14H17N3.